The fraction of sp³-hybridized carbons (Fsp3) is 0.333. The molecule has 1 saturated carbocycles. The Kier molecular flexibility index (Phi) is 5.90. The Balaban J connectivity index is 1.82. The van der Waals surface area contributed by atoms with E-state index >= 15 is 0 Å². The highest BCUT2D eigenvalue weighted by molar-refractivity contribution is 6.38. The number of hydrogen-bond acceptors (Lipinski definition) is 6. The molecular weight excluding hydrogens is 407 g/mol. The van der Waals surface area contributed by atoms with E-state index in [0.29, 0.717) is 11.3 Å². The smallest absolute Gasteiger partial charge is 0.352 e. The van der Waals surface area contributed by atoms with Gasteiger partial charge >= 0.3 is 5.97 Å². The van der Waals surface area contributed by atoms with E-state index in [9.17, 15) is 14.7 Å². The molecule has 1 aliphatic rings. The summed E-state index contributed by atoms with van der Waals surface area (Å²) in [6.07, 6.45) is 1.62. The molecule has 0 amide bonds. The van der Waals surface area contributed by atoms with Gasteiger partial charge in [-0.05, 0) is 30.9 Å². The number of hydrazone groups is 1. The molecule has 0 aliphatic heterocycles. The van der Waals surface area contributed by atoms with Gasteiger partial charge in [-0.2, -0.15) is 5.10 Å². The summed E-state index contributed by atoms with van der Waals surface area (Å²) >= 11 is 12.5. The van der Waals surface area contributed by atoms with Crippen LogP contribution in [0.4, 0.5) is 5.69 Å². The number of aromatic nitrogens is 2. The van der Waals surface area contributed by atoms with Crippen molar-refractivity contribution in [3.8, 4) is 11.6 Å². The maximum absolute atomic E-state index is 11.8. The molecule has 0 saturated heterocycles. The summed E-state index contributed by atoms with van der Waals surface area (Å²) < 4.78 is 5.65. The van der Waals surface area contributed by atoms with E-state index in [1.54, 1.807) is 0 Å². The van der Waals surface area contributed by atoms with Gasteiger partial charge in [-0.15, -0.1) is 5.10 Å². The molecule has 8 nitrogen and oxygen atoms in total. The highest BCUT2D eigenvalue weighted by Crippen LogP contribution is 2.38. The first kappa shape index (κ1) is 20.2. The average molecular weight is 425 g/mol. The van der Waals surface area contributed by atoms with Gasteiger partial charge in [-0.1, -0.05) is 37.0 Å². The lowest BCUT2D eigenvalue weighted by atomic mass is 10.1. The number of carboxylic acids is 1. The monoisotopic (exact) mass is 424 g/mol. The van der Waals surface area contributed by atoms with Crippen LogP contribution in [0.15, 0.2) is 28.1 Å². The molecule has 1 heterocycles. The lowest BCUT2D eigenvalue weighted by Crippen LogP contribution is -2.17. The zero-order chi connectivity index (χ0) is 20.4. The summed E-state index contributed by atoms with van der Waals surface area (Å²) in [5.74, 6) is -0.794. The summed E-state index contributed by atoms with van der Waals surface area (Å²) in [6, 6.07) is 4.54. The lowest BCUT2D eigenvalue weighted by molar-refractivity contribution is -0.129. The second kappa shape index (κ2) is 8.20. The predicted molar refractivity (Wildman–Crippen MR) is 107 cm³/mol. The third kappa shape index (κ3) is 4.63. The van der Waals surface area contributed by atoms with Crippen LogP contribution in [0.1, 0.15) is 38.2 Å². The highest BCUT2D eigenvalue weighted by atomic mass is 35.5. The van der Waals surface area contributed by atoms with Crippen LogP contribution in [-0.4, -0.2) is 27.0 Å². The molecular formula is C18H18Cl2N4O4. The van der Waals surface area contributed by atoms with Crippen LogP contribution < -0.4 is 15.7 Å². The van der Waals surface area contributed by atoms with Crippen molar-refractivity contribution in [2.75, 3.05) is 5.43 Å². The molecule has 0 bridgehead atoms. The standard InChI is InChI=1S/C18H18Cl2N4O4/c1-8(2)11-7-14(22-24-17(11)25)28-16-12(19)5-10(6-13(16)20)21-23-15(18(26)27)9-3-4-9/h5-9,21H,3-4H2,1-2H3,(H,24,25)(H,26,27)/b23-15-. The van der Waals surface area contributed by atoms with E-state index in [0.717, 1.165) is 12.8 Å². The number of anilines is 1. The number of carboxylic acid groups (broad SMARTS) is 1. The topological polar surface area (TPSA) is 117 Å². The molecule has 0 radical (unpaired) electrons. The molecule has 3 N–H and O–H groups in total. The summed E-state index contributed by atoms with van der Waals surface area (Å²) in [6.45, 7) is 3.75. The van der Waals surface area contributed by atoms with Gasteiger partial charge in [-0.25, -0.2) is 9.89 Å². The number of aliphatic carboxylic acids is 1. The average Bonchev–Trinajstić information content (AvgIpc) is 3.44. The quantitative estimate of drug-likeness (QED) is 0.451. The molecule has 1 fully saturated rings. The van der Waals surface area contributed by atoms with Crippen LogP contribution in [0.5, 0.6) is 11.6 Å². The lowest BCUT2D eigenvalue weighted by Gasteiger charge is -2.12. The molecule has 3 rings (SSSR count). The van der Waals surface area contributed by atoms with Gasteiger partial charge in [0.25, 0.3) is 5.56 Å². The van der Waals surface area contributed by atoms with Crippen molar-refractivity contribution >= 4 is 40.6 Å². The molecule has 10 heteroatoms. The summed E-state index contributed by atoms with van der Waals surface area (Å²) in [5.41, 5.74) is 3.39. The summed E-state index contributed by atoms with van der Waals surface area (Å²) in [4.78, 5) is 23.0. The zero-order valence-electron chi connectivity index (χ0n) is 15.1. The number of rotatable bonds is 7. The molecule has 28 heavy (non-hydrogen) atoms. The number of ether oxygens (including phenoxy) is 1. The first-order valence-electron chi connectivity index (χ1n) is 8.59. The minimum Gasteiger partial charge on any atom is -0.477 e. The van der Waals surface area contributed by atoms with Gasteiger partial charge in [0.15, 0.2) is 5.75 Å². The fourth-order valence-electron chi connectivity index (χ4n) is 2.50. The Morgan fingerprint density at radius 3 is 2.50 bits per heavy atom. The normalized spacial score (nSPS) is 14.2. The van der Waals surface area contributed by atoms with Crippen LogP contribution >= 0.6 is 23.2 Å². The van der Waals surface area contributed by atoms with Crippen LogP contribution in [0.25, 0.3) is 0 Å². The van der Waals surface area contributed by atoms with Crippen molar-refractivity contribution in [1.29, 1.82) is 0 Å². The maximum Gasteiger partial charge on any atom is 0.352 e. The van der Waals surface area contributed by atoms with E-state index in [2.05, 4.69) is 20.7 Å². The number of aromatic amines is 1. The SMILES string of the molecule is CC(C)c1cc(Oc2c(Cl)cc(N/N=C(\C(=O)O)C3CC3)cc2Cl)n[nH]c1=O. The van der Waals surface area contributed by atoms with Crippen molar-refractivity contribution in [3.05, 3.63) is 44.2 Å². The Morgan fingerprint density at radius 2 is 1.96 bits per heavy atom. The third-order valence-electron chi connectivity index (χ3n) is 4.12. The van der Waals surface area contributed by atoms with Gasteiger partial charge in [0.05, 0.1) is 15.7 Å². The van der Waals surface area contributed by atoms with E-state index < -0.39 is 5.97 Å². The molecule has 1 aromatic heterocycles. The van der Waals surface area contributed by atoms with Crippen molar-refractivity contribution in [3.63, 3.8) is 0 Å². The van der Waals surface area contributed by atoms with Gasteiger partial charge in [0, 0.05) is 17.5 Å². The molecule has 1 aliphatic carbocycles. The Labute approximate surface area is 170 Å². The minimum absolute atomic E-state index is 0.0145. The number of nitrogens with one attached hydrogen (secondary N) is 2. The van der Waals surface area contributed by atoms with Gasteiger partial charge in [-0.3, -0.25) is 10.2 Å². The van der Waals surface area contributed by atoms with Crippen molar-refractivity contribution < 1.29 is 14.6 Å². The van der Waals surface area contributed by atoms with Gasteiger partial charge in [0.1, 0.15) is 5.71 Å². The number of carbonyl (C=O) groups is 1. The number of nitrogens with zero attached hydrogens (tertiary/aromatic N) is 2. The maximum atomic E-state index is 11.8. The molecule has 0 unspecified atom stereocenters. The summed E-state index contributed by atoms with van der Waals surface area (Å²) in [5, 5.41) is 19.7. The Hall–Kier alpha value is -2.58. The second-order valence-electron chi connectivity index (χ2n) is 6.70. The number of benzene rings is 1. The number of H-pyrrole nitrogens is 1. The largest absolute Gasteiger partial charge is 0.477 e. The Bertz CT molecular complexity index is 976. The van der Waals surface area contributed by atoms with Crippen LogP contribution in [0.2, 0.25) is 10.0 Å². The van der Waals surface area contributed by atoms with E-state index in [1.807, 2.05) is 13.8 Å². The minimum atomic E-state index is -1.06. The third-order valence-corrected chi connectivity index (χ3v) is 4.69. The molecule has 2 aromatic rings. The van der Waals surface area contributed by atoms with Crippen molar-refractivity contribution in [2.24, 2.45) is 11.0 Å². The first-order chi connectivity index (χ1) is 13.3. The number of hydrogen-bond donors (Lipinski definition) is 3. The number of halogens is 2. The highest BCUT2D eigenvalue weighted by Gasteiger charge is 2.32. The van der Waals surface area contributed by atoms with Crippen LogP contribution in [0, 0.1) is 5.92 Å². The van der Waals surface area contributed by atoms with E-state index in [1.165, 1.54) is 18.2 Å². The first-order valence-corrected chi connectivity index (χ1v) is 9.35. The van der Waals surface area contributed by atoms with Crippen molar-refractivity contribution in [2.45, 2.75) is 32.6 Å². The van der Waals surface area contributed by atoms with Gasteiger partial charge < -0.3 is 9.84 Å². The second-order valence-corrected chi connectivity index (χ2v) is 7.52. The van der Waals surface area contributed by atoms with Crippen LogP contribution in [-0.2, 0) is 4.79 Å². The van der Waals surface area contributed by atoms with E-state index in [-0.39, 0.29) is 44.8 Å². The van der Waals surface area contributed by atoms with Crippen LogP contribution in [0.3, 0.4) is 0 Å². The fourth-order valence-corrected chi connectivity index (χ4v) is 3.07. The van der Waals surface area contributed by atoms with Crippen molar-refractivity contribution in [1.82, 2.24) is 10.2 Å². The predicted octanol–water partition coefficient (Wildman–Crippen LogP) is 4.25. The zero-order valence-corrected chi connectivity index (χ0v) is 16.6. The molecule has 0 spiro atoms. The Morgan fingerprint density at radius 1 is 1.32 bits per heavy atom. The summed E-state index contributed by atoms with van der Waals surface area (Å²) in [7, 11) is 0. The van der Waals surface area contributed by atoms with E-state index in [4.69, 9.17) is 27.9 Å². The van der Waals surface area contributed by atoms with Gasteiger partial charge in [0.2, 0.25) is 5.88 Å². The molecule has 1 aromatic carbocycles. The molecule has 0 atom stereocenters. The molecule has 148 valence electrons.